The van der Waals surface area contributed by atoms with E-state index in [2.05, 4.69) is 44.9 Å². The monoisotopic (exact) mass is 1040 g/mol. The lowest BCUT2D eigenvalue weighted by Gasteiger charge is -2.31. The molecule has 10 heterocycles. The molecule has 34 nitrogen and oxygen atoms in total. The van der Waals surface area contributed by atoms with E-state index in [1.54, 1.807) is 0 Å². The first-order valence-electron chi connectivity index (χ1n) is 19.8. The summed E-state index contributed by atoms with van der Waals surface area (Å²) in [7, 11) is -16.2. The molecule has 4 saturated heterocycles. The summed E-state index contributed by atoms with van der Waals surface area (Å²) in [6.45, 7) is -3.58. The highest BCUT2D eigenvalue weighted by Crippen LogP contribution is 2.57. The molecule has 6 aromatic rings. The summed E-state index contributed by atoms with van der Waals surface area (Å²) < 4.78 is 109. The lowest BCUT2D eigenvalue weighted by molar-refractivity contribution is -0.183. The van der Waals surface area contributed by atoms with Crippen LogP contribution in [0.5, 0.6) is 0 Å². The van der Waals surface area contributed by atoms with Crippen LogP contribution in [0.3, 0.4) is 0 Å². The fraction of sp³-hybridized carbons (Fsp3) is 0.516. The van der Waals surface area contributed by atoms with Crippen LogP contribution in [0.1, 0.15) is 18.7 Å². The van der Waals surface area contributed by atoms with E-state index in [9.17, 15) is 48.3 Å². The molecule has 372 valence electrons. The fourth-order valence-corrected chi connectivity index (χ4v) is 10.6. The summed E-state index contributed by atoms with van der Waals surface area (Å²) >= 11 is 0. The number of nitrogen functional groups attached to an aromatic ring is 3. The number of aromatic nitrogens is 12. The van der Waals surface area contributed by atoms with E-state index >= 15 is 4.39 Å². The molecule has 0 saturated carbocycles. The largest absolute Gasteiger partial charge is 0.472 e. The van der Waals surface area contributed by atoms with E-state index in [4.69, 9.17) is 58.8 Å². The quantitative estimate of drug-likeness (QED) is 0.0437. The van der Waals surface area contributed by atoms with E-state index < -0.39 is 129 Å². The Hall–Kier alpha value is -5.13. The normalized spacial score (nSPS) is 32.1. The Labute approximate surface area is 380 Å². The summed E-state index contributed by atoms with van der Waals surface area (Å²) in [5.41, 5.74) is 14.6. The van der Waals surface area contributed by atoms with Gasteiger partial charge in [-0.3, -0.25) is 46.1 Å². The molecule has 2 bridgehead atoms. The molecule has 0 aromatic carbocycles. The number of hydrogen-bond donors (Lipinski definition) is 10. The number of phosphoric acid groups is 3. The van der Waals surface area contributed by atoms with Crippen molar-refractivity contribution in [2.24, 2.45) is 0 Å². The molecule has 10 rings (SSSR count). The minimum absolute atomic E-state index is 0.00504. The van der Waals surface area contributed by atoms with Gasteiger partial charge in [-0.2, -0.15) is 4.98 Å². The Morgan fingerprint density at radius 2 is 1.30 bits per heavy atom. The molecule has 0 radical (unpaired) electrons. The average molecular weight is 1040 g/mol. The first-order valence-corrected chi connectivity index (χ1v) is 24.3. The third kappa shape index (κ3) is 8.67. The number of H-pyrrole nitrogens is 1. The van der Waals surface area contributed by atoms with Gasteiger partial charge in [-0.05, 0) is 0 Å². The van der Waals surface area contributed by atoms with Gasteiger partial charge in [0.2, 0.25) is 5.95 Å². The highest BCUT2D eigenvalue weighted by atomic mass is 31.2. The van der Waals surface area contributed by atoms with Crippen molar-refractivity contribution in [1.82, 2.24) is 58.6 Å². The van der Waals surface area contributed by atoms with Crippen LogP contribution in [0.4, 0.5) is 22.0 Å². The number of fused-ring (bicyclic) bond motifs is 5. The van der Waals surface area contributed by atoms with Crippen molar-refractivity contribution in [3.63, 3.8) is 0 Å². The Morgan fingerprint density at radius 3 is 1.94 bits per heavy atom. The number of ether oxygens (including phenoxy) is 4. The van der Waals surface area contributed by atoms with Gasteiger partial charge >= 0.3 is 23.5 Å². The molecule has 0 amide bonds. The number of rotatable bonds is 16. The summed E-state index contributed by atoms with van der Waals surface area (Å²) in [6, 6.07) is 0. The molecule has 38 heteroatoms. The standard InChI is InChI=1S/C31H37FN15O19P3/c32-12-18(65-68(54,55)59-1-10-16(48)17(49)28(62-10)47-9-42-15-25(47)43-30(35)44-26(15)50)11(63-27(12)45-7-40-13-21(33)36-5-38-23(13)45)2-60-69(56,57)66-20-19-29(46-8-41-14-22(34)37-6-39-24(14)46)64-31(20,3-58-19)4-61-67(51,52)53/h5-12,16-20,27-29,48-49H,1-4H2,(H,54,55)(H,56,57)(H2,33,36,38)(H2,34,37,39)(H2,51,52,53)(H3,35,43,44,50)/t10-,11-,12+,16?,17+,18?,19+,20?,27-,28-,29-,31-/m1/s1. The minimum atomic E-state index is -5.50. The van der Waals surface area contributed by atoms with E-state index in [1.165, 1.54) is 10.9 Å². The number of aliphatic hydroxyl groups excluding tert-OH is 2. The fourth-order valence-electron chi connectivity index (χ4n) is 8.28. The Balaban J connectivity index is 0.876. The number of nitrogens with two attached hydrogens (primary N) is 3. The van der Waals surface area contributed by atoms with Gasteiger partial charge in [0.05, 0.1) is 45.4 Å². The molecular weight excluding hydrogens is 998 g/mol. The third-order valence-electron chi connectivity index (χ3n) is 11.4. The second-order valence-corrected chi connectivity index (χ2v) is 19.8. The summed E-state index contributed by atoms with van der Waals surface area (Å²) in [5, 5.41) is 21.7. The van der Waals surface area contributed by atoms with E-state index in [0.717, 1.165) is 34.4 Å². The number of alkyl halides is 1. The molecule has 4 fully saturated rings. The van der Waals surface area contributed by atoms with Crippen molar-refractivity contribution in [3.05, 3.63) is 42.0 Å². The van der Waals surface area contributed by atoms with Crippen molar-refractivity contribution in [2.75, 3.05) is 43.6 Å². The maximum Gasteiger partial charge on any atom is 0.472 e. The number of nitrogens with one attached hydrogen (secondary N) is 1. The van der Waals surface area contributed by atoms with Crippen LogP contribution in [-0.2, 0) is 55.3 Å². The van der Waals surface area contributed by atoms with Gasteiger partial charge in [0.1, 0.15) is 72.0 Å². The van der Waals surface area contributed by atoms with Crippen LogP contribution in [-0.4, -0.2) is 169 Å². The number of aliphatic hydroxyl groups is 2. The zero-order chi connectivity index (χ0) is 48.9. The lowest BCUT2D eigenvalue weighted by atomic mass is 10.0. The number of anilines is 3. The molecular formula is C31H37FN15O19P3. The molecule has 0 aliphatic carbocycles. The number of phosphoric ester groups is 3. The number of aromatic amines is 1. The van der Waals surface area contributed by atoms with E-state index in [-0.39, 0.29) is 51.1 Å². The highest BCUT2D eigenvalue weighted by Gasteiger charge is 2.66. The molecule has 4 aliphatic rings. The predicted molar refractivity (Wildman–Crippen MR) is 219 cm³/mol. The van der Waals surface area contributed by atoms with Gasteiger partial charge in [-0.25, -0.2) is 53.0 Å². The maximum absolute atomic E-state index is 16.7. The minimum Gasteiger partial charge on any atom is -0.387 e. The lowest BCUT2D eigenvalue weighted by Crippen LogP contribution is -2.45. The predicted octanol–water partition coefficient (Wildman–Crippen LogP) is -2.82. The molecule has 14 atom stereocenters. The molecule has 4 aliphatic heterocycles. The zero-order valence-corrected chi connectivity index (χ0v) is 37.1. The number of halogens is 1. The van der Waals surface area contributed by atoms with Gasteiger partial charge in [0.25, 0.3) is 5.56 Å². The summed E-state index contributed by atoms with van der Waals surface area (Å²) in [5.74, 6) is -0.424. The molecule has 5 unspecified atom stereocenters. The molecule has 13 N–H and O–H groups in total. The van der Waals surface area contributed by atoms with Gasteiger partial charge < -0.3 is 65.9 Å². The Bertz CT molecular complexity index is 3160. The van der Waals surface area contributed by atoms with Crippen molar-refractivity contribution in [2.45, 2.75) is 73.2 Å². The zero-order valence-electron chi connectivity index (χ0n) is 34.4. The van der Waals surface area contributed by atoms with Crippen LogP contribution in [0.25, 0.3) is 33.5 Å². The Kier molecular flexibility index (Phi) is 11.9. The average Bonchev–Trinajstić information content (AvgIpc) is 4.17. The van der Waals surface area contributed by atoms with Crippen molar-refractivity contribution in [1.29, 1.82) is 0 Å². The van der Waals surface area contributed by atoms with Crippen molar-refractivity contribution in [3.8, 4) is 0 Å². The van der Waals surface area contributed by atoms with Crippen LogP contribution in [0.15, 0.2) is 36.4 Å². The second kappa shape index (κ2) is 17.3. The topological polar surface area (TPSA) is 484 Å². The van der Waals surface area contributed by atoms with E-state index in [1.807, 2.05) is 0 Å². The van der Waals surface area contributed by atoms with Gasteiger partial charge in [-0.1, -0.05) is 0 Å². The van der Waals surface area contributed by atoms with Crippen LogP contribution in [0.2, 0.25) is 0 Å². The smallest absolute Gasteiger partial charge is 0.387 e. The first-order chi connectivity index (χ1) is 32.6. The van der Waals surface area contributed by atoms with Crippen molar-refractivity contribution < 1.29 is 89.4 Å². The maximum atomic E-state index is 16.7. The SMILES string of the molecule is Nc1nc2c(ncn2[C@@H]2O[C@H](COP(=O)(O)OC3[C@@H](COP(=O)(O)OC4[C@@H]5OC[C@]4(COP(=O)(O)O)O[C@H]5n4cnc5c(N)ncnc54)O[C@@H](n4cnc5c(N)ncnc54)[C@H]3F)C(O)[C@@H]2O)c(=O)[nH]1. The molecule has 0 spiro atoms. The molecule has 6 aromatic heterocycles. The van der Waals surface area contributed by atoms with Crippen LogP contribution in [0, 0.1) is 0 Å². The van der Waals surface area contributed by atoms with Gasteiger partial charge in [0.15, 0.2) is 58.9 Å². The van der Waals surface area contributed by atoms with E-state index in [0.29, 0.717) is 0 Å². The third-order valence-corrected chi connectivity index (χ3v) is 13.8. The summed E-state index contributed by atoms with van der Waals surface area (Å²) in [4.78, 5) is 87.8. The first kappa shape index (κ1) is 47.5. The van der Waals surface area contributed by atoms with Crippen LogP contribution < -0.4 is 22.8 Å². The van der Waals surface area contributed by atoms with Gasteiger partial charge in [-0.15, -0.1) is 0 Å². The number of imidazole rings is 3. The van der Waals surface area contributed by atoms with Gasteiger partial charge in [0, 0.05) is 0 Å². The van der Waals surface area contributed by atoms with Crippen molar-refractivity contribution >= 4 is 74.5 Å². The number of hydrogen-bond acceptors (Lipinski definition) is 26. The Morgan fingerprint density at radius 1 is 0.739 bits per heavy atom. The summed E-state index contributed by atoms with van der Waals surface area (Å²) in [6.07, 6.45) is -13.8. The second-order valence-electron chi connectivity index (χ2n) is 15.7. The number of nitrogens with zero attached hydrogens (tertiary/aromatic N) is 11. The molecule has 69 heavy (non-hydrogen) atoms. The highest BCUT2D eigenvalue weighted by molar-refractivity contribution is 7.47. The van der Waals surface area contributed by atoms with Crippen LogP contribution >= 0.6 is 23.5 Å².